The van der Waals surface area contributed by atoms with Crippen molar-refractivity contribution in [2.45, 2.75) is 84.5 Å². The van der Waals surface area contributed by atoms with Crippen molar-refractivity contribution in [3.8, 4) is 22.8 Å². The van der Waals surface area contributed by atoms with Crippen LogP contribution in [0.3, 0.4) is 0 Å². The molecular weight excluding hydrogens is 464 g/mol. The number of rotatable bonds is 5. The first-order valence-electron chi connectivity index (χ1n) is 13.2. The van der Waals surface area contributed by atoms with Gasteiger partial charge in [0.2, 0.25) is 0 Å². The summed E-state index contributed by atoms with van der Waals surface area (Å²) in [5, 5.41) is 1.05. The highest BCUT2D eigenvalue weighted by atomic mass is 16.6. The van der Waals surface area contributed by atoms with E-state index in [1.807, 2.05) is 39.0 Å². The van der Waals surface area contributed by atoms with Gasteiger partial charge in [0.25, 0.3) is 0 Å². The van der Waals surface area contributed by atoms with Crippen molar-refractivity contribution in [1.29, 1.82) is 0 Å². The van der Waals surface area contributed by atoms with Gasteiger partial charge in [0, 0.05) is 46.8 Å². The van der Waals surface area contributed by atoms with Gasteiger partial charge in [-0.05, 0) is 89.3 Å². The molecule has 0 radical (unpaired) electrons. The molecular formula is C31H38N2O4. The van der Waals surface area contributed by atoms with Crippen molar-refractivity contribution < 1.29 is 19.0 Å². The predicted molar refractivity (Wildman–Crippen MR) is 148 cm³/mol. The summed E-state index contributed by atoms with van der Waals surface area (Å²) in [6, 6.07) is 12.6. The number of aromatic nitrogens is 1. The van der Waals surface area contributed by atoms with Crippen molar-refractivity contribution in [3.05, 3.63) is 47.5 Å². The zero-order valence-electron chi connectivity index (χ0n) is 23.1. The van der Waals surface area contributed by atoms with E-state index in [2.05, 4.69) is 43.9 Å². The van der Waals surface area contributed by atoms with Crippen molar-refractivity contribution in [1.82, 2.24) is 4.98 Å². The molecule has 1 atom stereocenters. The molecule has 196 valence electrons. The lowest BCUT2D eigenvalue weighted by Crippen LogP contribution is -2.49. The van der Waals surface area contributed by atoms with E-state index in [-0.39, 0.29) is 11.5 Å². The van der Waals surface area contributed by atoms with Gasteiger partial charge in [0.15, 0.2) is 0 Å². The van der Waals surface area contributed by atoms with Crippen LogP contribution < -0.4 is 14.4 Å². The maximum atomic E-state index is 12.3. The Labute approximate surface area is 219 Å². The zero-order chi connectivity index (χ0) is 26.5. The minimum absolute atomic E-state index is 0.0331. The molecule has 0 amide bonds. The summed E-state index contributed by atoms with van der Waals surface area (Å²) in [6.45, 7) is 13.9. The van der Waals surface area contributed by atoms with Crippen molar-refractivity contribution in [3.63, 3.8) is 0 Å². The minimum atomic E-state index is -0.457. The first kappa shape index (κ1) is 25.4. The van der Waals surface area contributed by atoms with Gasteiger partial charge in [-0.25, -0.2) is 4.98 Å². The van der Waals surface area contributed by atoms with E-state index in [4.69, 9.17) is 19.2 Å². The van der Waals surface area contributed by atoms with Crippen LogP contribution in [0.4, 0.5) is 5.69 Å². The third kappa shape index (κ3) is 4.98. The molecule has 0 bridgehead atoms. The number of nitrogens with zero attached hydrogens (tertiary/aromatic N) is 2. The maximum absolute atomic E-state index is 12.3. The molecule has 2 aromatic carbocycles. The van der Waals surface area contributed by atoms with Crippen molar-refractivity contribution in [2.75, 3.05) is 18.6 Å². The van der Waals surface area contributed by atoms with Crippen LogP contribution in [0, 0.1) is 0 Å². The summed E-state index contributed by atoms with van der Waals surface area (Å²) in [4.78, 5) is 19.8. The smallest absolute Gasteiger partial charge is 0.306 e. The summed E-state index contributed by atoms with van der Waals surface area (Å²) in [5.74, 6) is 1.95. The number of ether oxygens (including phenoxy) is 3. The van der Waals surface area contributed by atoms with Crippen LogP contribution in [0.5, 0.6) is 11.5 Å². The van der Waals surface area contributed by atoms with E-state index in [9.17, 15) is 4.79 Å². The molecule has 3 heterocycles. The summed E-state index contributed by atoms with van der Waals surface area (Å²) >= 11 is 0. The fourth-order valence-corrected chi connectivity index (χ4v) is 5.84. The molecule has 6 heteroatoms. The average molecular weight is 503 g/mol. The summed E-state index contributed by atoms with van der Waals surface area (Å²) in [5.41, 5.74) is 6.10. The molecule has 0 saturated carbocycles. The van der Waals surface area contributed by atoms with Gasteiger partial charge in [0.1, 0.15) is 23.7 Å². The van der Waals surface area contributed by atoms with E-state index < -0.39 is 5.60 Å². The van der Waals surface area contributed by atoms with Gasteiger partial charge in [-0.3, -0.25) is 4.79 Å². The highest BCUT2D eigenvalue weighted by molar-refractivity contribution is 5.87. The number of fused-ring (bicyclic) bond motifs is 5. The molecule has 6 nitrogen and oxygen atoms in total. The largest absolute Gasteiger partial charge is 0.497 e. The lowest BCUT2D eigenvalue weighted by Gasteiger charge is -2.48. The molecule has 3 aromatic rings. The van der Waals surface area contributed by atoms with E-state index in [1.54, 1.807) is 7.11 Å². The molecule has 0 saturated heterocycles. The van der Waals surface area contributed by atoms with Crippen LogP contribution in [-0.2, 0) is 16.1 Å². The molecule has 2 aliphatic heterocycles. The van der Waals surface area contributed by atoms with E-state index in [1.165, 1.54) is 11.3 Å². The Morgan fingerprint density at radius 1 is 1.19 bits per heavy atom. The third-order valence-corrected chi connectivity index (χ3v) is 7.41. The van der Waals surface area contributed by atoms with Crippen LogP contribution >= 0.6 is 0 Å². The number of pyridine rings is 1. The van der Waals surface area contributed by atoms with Crippen molar-refractivity contribution >= 4 is 22.6 Å². The number of carbonyl (C=O) groups is 1. The Bertz CT molecular complexity index is 1360. The lowest BCUT2D eigenvalue weighted by molar-refractivity contribution is -0.154. The van der Waals surface area contributed by atoms with Crippen LogP contribution in [0.2, 0.25) is 0 Å². The second-order valence-corrected chi connectivity index (χ2v) is 12.0. The van der Waals surface area contributed by atoms with Crippen LogP contribution in [-0.4, -0.2) is 35.7 Å². The van der Waals surface area contributed by atoms with Gasteiger partial charge < -0.3 is 19.1 Å². The second kappa shape index (κ2) is 9.23. The van der Waals surface area contributed by atoms with E-state index in [0.29, 0.717) is 18.9 Å². The molecule has 0 aliphatic carbocycles. The molecule has 2 aliphatic rings. The number of hydrogen-bond donors (Lipinski definition) is 0. The van der Waals surface area contributed by atoms with Gasteiger partial charge >= 0.3 is 5.97 Å². The van der Waals surface area contributed by atoms with Crippen molar-refractivity contribution in [2.24, 2.45) is 0 Å². The SMILES string of the molecule is COc1ccc2nc3c(cc2c1)COc1cc2c(cc1-3)C(C)CC(C)(C)N2CCCC(=O)OC(C)(C)C. The zero-order valence-corrected chi connectivity index (χ0v) is 23.1. The highest BCUT2D eigenvalue weighted by Gasteiger charge is 2.38. The Hall–Kier alpha value is -3.28. The molecule has 0 fully saturated rings. The Kier molecular flexibility index (Phi) is 6.33. The average Bonchev–Trinajstić information content (AvgIpc) is 2.82. The van der Waals surface area contributed by atoms with Crippen LogP contribution in [0.1, 0.15) is 77.8 Å². The Morgan fingerprint density at radius 2 is 1.97 bits per heavy atom. The molecule has 1 unspecified atom stereocenters. The first-order valence-corrected chi connectivity index (χ1v) is 13.2. The summed E-state index contributed by atoms with van der Waals surface area (Å²) in [7, 11) is 1.68. The predicted octanol–water partition coefficient (Wildman–Crippen LogP) is 7.02. The quantitative estimate of drug-likeness (QED) is 0.350. The standard InChI is InChI=1S/C31H38N2O4/c1-19-17-31(5,6)33(12-8-9-28(34)37-30(2,3)4)26-16-27-24(15-23(19)26)29-21(18-36-27)13-20-14-22(35-7)10-11-25(20)32-29/h10-11,13-16,19H,8-9,12,17-18H2,1-7H3. The lowest BCUT2D eigenvalue weighted by atomic mass is 9.78. The molecule has 0 spiro atoms. The number of carbonyl (C=O) groups excluding carboxylic acids is 1. The Morgan fingerprint density at radius 3 is 2.70 bits per heavy atom. The van der Waals surface area contributed by atoms with Gasteiger partial charge in [0.05, 0.1) is 18.3 Å². The van der Waals surface area contributed by atoms with Gasteiger partial charge in [-0.15, -0.1) is 0 Å². The van der Waals surface area contributed by atoms with Gasteiger partial charge in [-0.1, -0.05) is 6.92 Å². The number of esters is 1. The number of methoxy groups -OCH3 is 1. The monoisotopic (exact) mass is 502 g/mol. The fraction of sp³-hybridized carbons (Fsp3) is 0.484. The molecule has 0 N–H and O–H groups in total. The minimum Gasteiger partial charge on any atom is -0.497 e. The second-order valence-electron chi connectivity index (χ2n) is 12.0. The third-order valence-electron chi connectivity index (χ3n) is 7.41. The number of anilines is 1. The maximum Gasteiger partial charge on any atom is 0.306 e. The fourth-order valence-electron chi connectivity index (χ4n) is 5.84. The van der Waals surface area contributed by atoms with E-state index in [0.717, 1.165) is 58.6 Å². The Balaban J connectivity index is 1.48. The van der Waals surface area contributed by atoms with Crippen LogP contribution in [0.15, 0.2) is 36.4 Å². The number of hydrogen-bond acceptors (Lipinski definition) is 6. The number of benzene rings is 2. The van der Waals surface area contributed by atoms with Crippen LogP contribution in [0.25, 0.3) is 22.2 Å². The molecule has 1 aromatic heterocycles. The first-order chi connectivity index (χ1) is 17.4. The molecule has 37 heavy (non-hydrogen) atoms. The van der Waals surface area contributed by atoms with E-state index >= 15 is 0 Å². The molecule has 5 rings (SSSR count). The highest BCUT2D eigenvalue weighted by Crippen LogP contribution is 2.49. The normalized spacial score (nSPS) is 17.9. The van der Waals surface area contributed by atoms with Gasteiger partial charge in [-0.2, -0.15) is 0 Å². The topological polar surface area (TPSA) is 60.9 Å². The summed E-state index contributed by atoms with van der Waals surface area (Å²) in [6.07, 6.45) is 2.18. The summed E-state index contributed by atoms with van der Waals surface area (Å²) < 4.78 is 17.2.